The van der Waals surface area contributed by atoms with Crippen LogP contribution >= 0.6 is 0 Å². The molecule has 0 radical (unpaired) electrons. The first-order valence-electron chi connectivity index (χ1n) is 7.42. The molecular weight excluding hydrogens is 212 g/mol. The molecule has 0 bridgehead atoms. The van der Waals surface area contributed by atoms with E-state index in [4.69, 9.17) is 4.74 Å². The highest BCUT2D eigenvalue weighted by atomic mass is 16.5. The fraction of sp³-hybridized carbons (Fsp3) is 1.00. The van der Waals surface area contributed by atoms with Gasteiger partial charge in [0.15, 0.2) is 0 Å². The summed E-state index contributed by atoms with van der Waals surface area (Å²) in [7, 11) is 0. The summed E-state index contributed by atoms with van der Waals surface area (Å²) in [5.74, 6) is 0. The molecule has 0 aromatic carbocycles. The molecule has 1 N–H and O–H groups in total. The number of nitrogens with zero attached hydrogens (tertiary/aromatic N) is 1. The molecule has 0 aromatic rings. The Kier molecular flexibility index (Phi) is 3.42. The second-order valence-corrected chi connectivity index (χ2v) is 6.09. The monoisotopic (exact) mass is 238 g/mol. The molecule has 2 unspecified atom stereocenters. The summed E-state index contributed by atoms with van der Waals surface area (Å²) < 4.78 is 5.62. The molecule has 98 valence electrons. The topological polar surface area (TPSA) is 24.5 Å². The van der Waals surface area contributed by atoms with E-state index in [0.717, 1.165) is 13.2 Å². The van der Waals surface area contributed by atoms with Crippen LogP contribution in [0.4, 0.5) is 0 Å². The Labute approximate surface area is 105 Å². The van der Waals surface area contributed by atoms with Crippen molar-refractivity contribution in [1.82, 2.24) is 10.2 Å². The number of ether oxygens (including phenoxy) is 1. The van der Waals surface area contributed by atoms with Crippen molar-refractivity contribution < 1.29 is 4.74 Å². The van der Waals surface area contributed by atoms with E-state index in [1.807, 2.05) is 0 Å². The zero-order valence-corrected chi connectivity index (χ0v) is 11.1. The molecule has 1 saturated carbocycles. The standard InChI is InChI=1S/C14H26N2O/c1-2-12-9-16(13-5-8-17-10-13)14(11-15-12)6-3-4-7-14/h12-13,15H,2-11H2,1H3. The predicted octanol–water partition coefficient (Wildman–Crippen LogP) is 1.77. The van der Waals surface area contributed by atoms with Crippen molar-refractivity contribution in [2.24, 2.45) is 0 Å². The van der Waals surface area contributed by atoms with Crippen LogP contribution in [0.25, 0.3) is 0 Å². The molecule has 0 aromatic heterocycles. The fourth-order valence-corrected chi connectivity index (χ4v) is 4.01. The van der Waals surface area contributed by atoms with Gasteiger partial charge in [0.05, 0.1) is 6.61 Å². The van der Waals surface area contributed by atoms with Crippen LogP contribution in [0.2, 0.25) is 0 Å². The van der Waals surface area contributed by atoms with Crippen LogP contribution in [0.1, 0.15) is 45.4 Å². The third-order valence-corrected chi connectivity index (χ3v) is 5.12. The van der Waals surface area contributed by atoms with E-state index in [9.17, 15) is 0 Å². The number of piperazine rings is 1. The van der Waals surface area contributed by atoms with Gasteiger partial charge in [-0.1, -0.05) is 19.8 Å². The van der Waals surface area contributed by atoms with Gasteiger partial charge >= 0.3 is 0 Å². The smallest absolute Gasteiger partial charge is 0.0622 e. The maximum atomic E-state index is 5.62. The van der Waals surface area contributed by atoms with Crippen molar-refractivity contribution in [3.63, 3.8) is 0 Å². The van der Waals surface area contributed by atoms with Gasteiger partial charge in [0.2, 0.25) is 0 Å². The van der Waals surface area contributed by atoms with Gasteiger partial charge < -0.3 is 10.1 Å². The minimum absolute atomic E-state index is 0.476. The van der Waals surface area contributed by atoms with Gasteiger partial charge in [-0.05, 0) is 25.7 Å². The first-order chi connectivity index (χ1) is 8.34. The molecule has 0 amide bonds. The molecular formula is C14H26N2O. The normalized spacial score (nSPS) is 37.9. The van der Waals surface area contributed by atoms with Gasteiger partial charge in [-0.2, -0.15) is 0 Å². The number of rotatable bonds is 2. The lowest BCUT2D eigenvalue weighted by molar-refractivity contribution is 0.000708. The van der Waals surface area contributed by atoms with E-state index >= 15 is 0 Å². The van der Waals surface area contributed by atoms with Crippen LogP contribution in [0, 0.1) is 0 Å². The highest BCUT2D eigenvalue weighted by Crippen LogP contribution is 2.39. The van der Waals surface area contributed by atoms with Gasteiger partial charge in [-0.3, -0.25) is 4.90 Å². The highest BCUT2D eigenvalue weighted by Gasteiger charge is 2.46. The summed E-state index contributed by atoms with van der Waals surface area (Å²) in [4.78, 5) is 2.83. The number of hydrogen-bond acceptors (Lipinski definition) is 3. The fourth-order valence-electron chi connectivity index (χ4n) is 4.01. The molecule has 17 heavy (non-hydrogen) atoms. The van der Waals surface area contributed by atoms with Gasteiger partial charge in [0.25, 0.3) is 0 Å². The van der Waals surface area contributed by atoms with Gasteiger partial charge in [-0.25, -0.2) is 0 Å². The molecule has 3 nitrogen and oxygen atoms in total. The van der Waals surface area contributed by atoms with Crippen LogP contribution in [0.3, 0.4) is 0 Å². The molecule has 1 spiro atoms. The van der Waals surface area contributed by atoms with Crippen molar-refractivity contribution in [3.05, 3.63) is 0 Å². The Morgan fingerprint density at radius 2 is 2.18 bits per heavy atom. The van der Waals surface area contributed by atoms with Crippen molar-refractivity contribution >= 4 is 0 Å². The molecule has 3 aliphatic rings. The third kappa shape index (κ3) is 2.13. The van der Waals surface area contributed by atoms with Crippen LogP contribution < -0.4 is 5.32 Å². The van der Waals surface area contributed by atoms with Crippen molar-refractivity contribution in [3.8, 4) is 0 Å². The molecule has 3 rings (SSSR count). The van der Waals surface area contributed by atoms with Gasteiger partial charge in [0.1, 0.15) is 0 Å². The van der Waals surface area contributed by atoms with E-state index in [1.165, 1.54) is 51.6 Å². The first kappa shape index (κ1) is 11.9. The van der Waals surface area contributed by atoms with Crippen LogP contribution in [0.15, 0.2) is 0 Å². The van der Waals surface area contributed by atoms with E-state index in [2.05, 4.69) is 17.1 Å². The minimum atomic E-state index is 0.476. The summed E-state index contributed by atoms with van der Waals surface area (Å²) in [5.41, 5.74) is 0.476. The molecule has 2 atom stereocenters. The maximum Gasteiger partial charge on any atom is 0.0622 e. The summed E-state index contributed by atoms with van der Waals surface area (Å²) in [6, 6.07) is 1.39. The SMILES string of the molecule is CCC1CN(C2CCOC2)C2(CCCC2)CN1. The highest BCUT2D eigenvalue weighted by molar-refractivity contribution is 5.04. The molecule has 2 aliphatic heterocycles. The average molecular weight is 238 g/mol. The van der Waals surface area contributed by atoms with E-state index in [-0.39, 0.29) is 0 Å². The largest absolute Gasteiger partial charge is 0.380 e. The van der Waals surface area contributed by atoms with Gasteiger partial charge in [0, 0.05) is 37.3 Å². The summed E-state index contributed by atoms with van der Waals surface area (Å²) in [6.07, 6.45) is 8.13. The second kappa shape index (κ2) is 4.87. The Morgan fingerprint density at radius 1 is 1.35 bits per heavy atom. The Bertz CT molecular complexity index is 257. The van der Waals surface area contributed by atoms with Crippen LogP contribution in [0.5, 0.6) is 0 Å². The Hall–Kier alpha value is -0.120. The zero-order valence-electron chi connectivity index (χ0n) is 11.1. The molecule has 2 heterocycles. The molecule has 2 saturated heterocycles. The van der Waals surface area contributed by atoms with Gasteiger partial charge in [-0.15, -0.1) is 0 Å². The lowest BCUT2D eigenvalue weighted by atomic mass is 9.88. The molecule has 3 fully saturated rings. The average Bonchev–Trinajstić information content (AvgIpc) is 3.02. The van der Waals surface area contributed by atoms with E-state index in [1.54, 1.807) is 0 Å². The number of hydrogen-bond donors (Lipinski definition) is 1. The van der Waals surface area contributed by atoms with Crippen molar-refractivity contribution in [2.75, 3.05) is 26.3 Å². The van der Waals surface area contributed by atoms with Crippen molar-refractivity contribution in [1.29, 1.82) is 0 Å². The minimum Gasteiger partial charge on any atom is -0.380 e. The Balaban J connectivity index is 1.77. The second-order valence-electron chi connectivity index (χ2n) is 6.09. The third-order valence-electron chi connectivity index (χ3n) is 5.12. The lowest BCUT2D eigenvalue weighted by Crippen LogP contribution is -2.66. The van der Waals surface area contributed by atoms with E-state index < -0.39 is 0 Å². The summed E-state index contributed by atoms with van der Waals surface area (Å²) >= 11 is 0. The zero-order chi connectivity index (χ0) is 11.7. The van der Waals surface area contributed by atoms with Crippen LogP contribution in [-0.2, 0) is 4.74 Å². The summed E-state index contributed by atoms with van der Waals surface area (Å²) in [5, 5.41) is 3.77. The number of nitrogens with one attached hydrogen (secondary N) is 1. The van der Waals surface area contributed by atoms with E-state index in [0.29, 0.717) is 17.6 Å². The lowest BCUT2D eigenvalue weighted by Gasteiger charge is -2.50. The predicted molar refractivity (Wildman–Crippen MR) is 69.2 cm³/mol. The maximum absolute atomic E-state index is 5.62. The quantitative estimate of drug-likeness (QED) is 0.793. The molecule has 1 aliphatic carbocycles. The summed E-state index contributed by atoms with van der Waals surface area (Å²) in [6.45, 7) is 6.69. The molecule has 3 heteroatoms. The Morgan fingerprint density at radius 3 is 2.82 bits per heavy atom. The van der Waals surface area contributed by atoms with Crippen LogP contribution in [-0.4, -0.2) is 48.8 Å². The van der Waals surface area contributed by atoms with Crippen molar-refractivity contribution in [2.45, 2.75) is 63.1 Å². The first-order valence-corrected chi connectivity index (χ1v) is 7.42.